The Bertz CT molecular complexity index is 420. The fourth-order valence-electron chi connectivity index (χ4n) is 1.46. The molecule has 18 heavy (non-hydrogen) atoms. The molecule has 0 unspecified atom stereocenters. The molecule has 0 heterocycles. The molecule has 1 aromatic rings. The SMILES string of the molecule is C[NH+](C)CC[NH2+]CC(=O)Nc1ccc(C#N)cc1. The Labute approximate surface area is 107 Å². The highest BCUT2D eigenvalue weighted by atomic mass is 16.1. The van der Waals surface area contributed by atoms with Crippen molar-refractivity contribution in [2.45, 2.75) is 0 Å². The summed E-state index contributed by atoms with van der Waals surface area (Å²) in [6.07, 6.45) is 0. The van der Waals surface area contributed by atoms with E-state index in [9.17, 15) is 4.79 Å². The van der Waals surface area contributed by atoms with Crippen LogP contribution in [0.4, 0.5) is 5.69 Å². The van der Waals surface area contributed by atoms with Crippen LogP contribution in [0.3, 0.4) is 0 Å². The van der Waals surface area contributed by atoms with Crippen molar-refractivity contribution in [1.82, 2.24) is 0 Å². The molecule has 0 bridgehead atoms. The molecule has 0 atom stereocenters. The summed E-state index contributed by atoms with van der Waals surface area (Å²) in [5.74, 6) is -0.0199. The number of benzene rings is 1. The zero-order valence-electron chi connectivity index (χ0n) is 10.9. The van der Waals surface area contributed by atoms with E-state index >= 15 is 0 Å². The van der Waals surface area contributed by atoms with Gasteiger partial charge in [0, 0.05) is 5.69 Å². The highest BCUT2D eigenvalue weighted by molar-refractivity contribution is 5.91. The molecule has 0 radical (unpaired) electrons. The van der Waals surface area contributed by atoms with Gasteiger partial charge in [-0.15, -0.1) is 0 Å². The van der Waals surface area contributed by atoms with Gasteiger partial charge in [-0.2, -0.15) is 5.26 Å². The smallest absolute Gasteiger partial charge is 0.279 e. The molecular weight excluding hydrogens is 228 g/mol. The van der Waals surface area contributed by atoms with Gasteiger partial charge in [0.05, 0.1) is 25.7 Å². The lowest BCUT2D eigenvalue weighted by molar-refractivity contribution is -0.873. The van der Waals surface area contributed by atoms with E-state index in [0.717, 1.165) is 18.8 Å². The molecule has 0 aliphatic rings. The number of quaternary nitrogens is 2. The van der Waals surface area contributed by atoms with E-state index in [1.165, 1.54) is 4.90 Å². The molecule has 0 saturated carbocycles. The molecule has 1 aromatic carbocycles. The summed E-state index contributed by atoms with van der Waals surface area (Å²) >= 11 is 0. The van der Waals surface area contributed by atoms with Gasteiger partial charge in [-0.25, -0.2) is 0 Å². The van der Waals surface area contributed by atoms with Crippen LogP contribution in [-0.4, -0.2) is 39.6 Å². The molecule has 0 spiro atoms. The number of carbonyl (C=O) groups is 1. The summed E-state index contributed by atoms with van der Waals surface area (Å²) in [7, 11) is 4.18. The monoisotopic (exact) mass is 248 g/mol. The van der Waals surface area contributed by atoms with Gasteiger partial charge < -0.3 is 15.5 Å². The van der Waals surface area contributed by atoms with Crippen molar-refractivity contribution < 1.29 is 15.0 Å². The van der Waals surface area contributed by atoms with Gasteiger partial charge in [-0.1, -0.05) is 0 Å². The Hall–Kier alpha value is -1.90. The number of amides is 1. The van der Waals surface area contributed by atoms with Crippen molar-refractivity contribution in [3.05, 3.63) is 29.8 Å². The number of carbonyl (C=O) groups excluding carboxylic acids is 1. The quantitative estimate of drug-likeness (QED) is 0.520. The van der Waals surface area contributed by atoms with Crippen molar-refractivity contribution in [2.24, 2.45) is 0 Å². The van der Waals surface area contributed by atoms with Crippen LogP contribution in [0, 0.1) is 11.3 Å². The van der Waals surface area contributed by atoms with E-state index in [-0.39, 0.29) is 5.91 Å². The number of nitrogens with one attached hydrogen (secondary N) is 2. The molecule has 5 heteroatoms. The molecule has 5 nitrogen and oxygen atoms in total. The molecule has 0 fully saturated rings. The number of nitrogens with two attached hydrogens (primary N) is 1. The minimum absolute atomic E-state index is 0.0199. The number of nitrogens with zero attached hydrogens (tertiary/aromatic N) is 1. The number of anilines is 1. The van der Waals surface area contributed by atoms with Gasteiger partial charge in [0.1, 0.15) is 13.1 Å². The average Bonchev–Trinajstić information content (AvgIpc) is 2.35. The second kappa shape index (κ2) is 7.43. The number of likely N-dealkylation sites (N-methyl/N-ethyl adjacent to an activating group) is 1. The van der Waals surface area contributed by atoms with Crippen molar-refractivity contribution in [1.29, 1.82) is 5.26 Å². The van der Waals surface area contributed by atoms with Crippen LogP contribution in [-0.2, 0) is 4.79 Å². The molecule has 0 saturated heterocycles. The Balaban J connectivity index is 2.29. The third kappa shape index (κ3) is 5.43. The Morgan fingerprint density at radius 2 is 2.06 bits per heavy atom. The highest BCUT2D eigenvalue weighted by Gasteiger charge is 2.05. The van der Waals surface area contributed by atoms with Gasteiger partial charge in [-0.3, -0.25) is 4.79 Å². The molecular formula is C13H20N4O+2. The summed E-state index contributed by atoms with van der Waals surface area (Å²) < 4.78 is 0. The van der Waals surface area contributed by atoms with Crippen molar-refractivity contribution in [3.63, 3.8) is 0 Å². The van der Waals surface area contributed by atoms with Crippen LogP contribution in [0.25, 0.3) is 0 Å². The number of hydrogen-bond acceptors (Lipinski definition) is 2. The second-order valence-corrected chi connectivity index (χ2v) is 4.48. The summed E-state index contributed by atoms with van der Waals surface area (Å²) in [6.45, 7) is 2.39. The lowest BCUT2D eigenvalue weighted by atomic mass is 10.2. The Kier molecular flexibility index (Phi) is 5.85. The topological polar surface area (TPSA) is 73.9 Å². The third-order valence-electron chi connectivity index (χ3n) is 2.48. The van der Waals surface area contributed by atoms with Crippen LogP contribution < -0.4 is 15.5 Å². The molecule has 0 aromatic heterocycles. The Morgan fingerprint density at radius 3 is 2.61 bits per heavy atom. The minimum atomic E-state index is -0.0199. The van der Waals surface area contributed by atoms with E-state index in [1.807, 2.05) is 11.4 Å². The van der Waals surface area contributed by atoms with Crippen LogP contribution in [0.2, 0.25) is 0 Å². The van der Waals surface area contributed by atoms with Gasteiger partial charge in [0.25, 0.3) is 5.91 Å². The summed E-state index contributed by atoms with van der Waals surface area (Å²) in [5, 5.41) is 13.4. The standard InChI is InChI=1S/C13H18N4O/c1-17(2)8-7-15-10-13(18)16-12-5-3-11(9-14)4-6-12/h3-6,15H,7-8,10H2,1-2H3,(H,16,18)/p+2. The van der Waals surface area contributed by atoms with E-state index in [4.69, 9.17) is 5.26 Å². The molecule has 0 aliphatic carbocycles. The van der Waals surface area contributed by atoms with Crippen LogP contribution in [0.15, 0.2) is 24.3 Å². The number of hydrogen-bond donors (Lipinski definition) is 3. The summed E-state index contributed by atoms with van der Waals surface area (Å²) in [5.41, 5.74) is 1.32. The van der Waals surface area contributed by atoms with Crippen molar-refractivity contribution in [2.75, 3.05) is 39.0 Å². The molecule has 96 valence electrons. The summed E-state index contributed by atoms with van der Waals surface area (Å²) in [4.78, 5) is 13.0. The minimum Gasteiger partial charge on any atom is -0.335 e. The van der Waals surface area contributed by atoms with Gasteiger partial charge in [0.15, 0.2) is 6.54 Å². The van der Waals surface area contributed by atoms with Crippen molar-refractivity contribution >= 4 is 11.6 Å². The van der Waals surface area contributed by atoms with Crippen LogP contribution >= 0.6 is 0 Å². The highest BCUT2D eigenvalue weighted by Crippen LogP contribution is 2.07. The van der Waals surface area contributed by atoms with E-state index in [2.05, 4.69) is 19.4 Å². The largest absolute Gasteiger partial charge is 0.335 e. The lowest BCUT2D eigenvalue weighted by Gasteiger charge is -2.07. The van der Waals surface area contributed by atoms with Crippen molar-refractivity contribution in [3.8, 4) is 6.07 Å². The van der Waals surface area contributed by atoms with E-state index in [1.54, 1.807) is 24.3 Å². The summed E-state index contributed by atoms with van der Waals surface area (Å²) in [6, 6.07) is 8.89. The maximum Gasteiger partial charge on any atom is 0.279 e. The zero-order chi connectivity index (χ0) is 13.4. The molecule has 1 rings (SSSR count). The predicted molar refractivity (Wildman–Crippen MR) is 69.1 cm³/mol. The molecule has 0 aliphatic heterocycles. The predicted octanol–water partition coefficient (Wildman–Crippen LogP) is -1.80. The van der Waals surface area contributed by atoms with Gasteiger partial charge in [0.2, 0.25) is 0 Å². The van der Waals surface area contributed by atoms with E-state index < -0.39 is 0 Å². The van der Waals surface area contributed by atoms with Crippen LogP contribution in [0.1, 0.15) is 5.56 Å². The van der Waals surface area contributed by atoms with Crippen LogP contribution in [0.5, 0.6) is 0 Å². The zero-order valence-corrected chi connectivity index (χ0v) is 10.9. The first kappa shape index (κ1) is 14.2. The third-order valence-corrected chi connectivity index (χ3v) is 2.48. The maximum atomic E-state index is 11.6. The first-order valence-corrected chi connectivity index (χ1v) is 6.02. The maximum absolute atomic E-state index is 11.6. The second-order valence-electron chi connectivity index (χ2n) is 4.48. The van der Waals surface area contributed by atoms with Gasteiger partial charge in [-0.05, 0) is 24.3 Å². The molecule has 1 amide bonds. The lowest BCUT2D eigenvalue weighted by Crippen LogP contribution is -3.09. The molecule has 4 N–H and O–H groups in total. The first-order chi connectivity index (χ1) is 8.61. The Morgan fingerprint density at radius 1 is 1.39 bits per heavy atom. The van der Waals surface area contributed by atoms with Gasteiger partial charge >= 0.3 is 0 Å². The number of nitriles is 1. The van der Waals surface area contributed by atoms with E-state index in [0.29, 0.717) is 12.1 Å². The normalized spacial score (nSPS) is 10.1. The average molecular weight is 248 g/mol. The first-order valence-electron chi connectivity index (χ1n) is 6.02. The number of rotatable bonds is 6. The fourth-order valence-corrected chi connectivity index (χ4v) is 1.46. The fraction of sp³-hybridized carbons (Fsp3) is 0.385.